The zero-order valence-electron chi connectivity index (χ0n) is 24.3. The number of rotatable bonds is 11. The summed E-state index contributed by atoms with van der Waals surface area (Å²) in [6.45, 7) is -2.68. The lowest BCUT2D eigenvalue weighted by Gasteiger charge is -2.37. The predicted molar refractivity (Wildman–Crippen MR) is 166 cm³/mol. The molecule has 0 unspecified atom stereocenters. The second kappa shape index (κ2) is 13.2. The van der Waals surface area contributed by atoms with Gasteiger partial charge in [-0.2, -0.15) is 0 Å². The second-order valence-corrected chi connectivity index (χ2v) is 12.9. The molecule has 232 valence electrons. The summed E-state index contributed by atoms with van der Waals surface area (Å²) < 4.78 is 30.7. The summed E-state index contributed by atoms with van der Waals surface area (Å²) >= 11 is 4.79. The van der Waals surface area contributed by atoms with E-state index in [0.29, 0.717) is 17.1 Å². The molecule has 0 saturated carbocycles. The maximum absolute atomic E-state index is 12.7. The lowest BCUT2D eigenvalue weighted by molar-refractivity contribution is -0.0924. The SMILES string of the molecule is COc1ccc(C(OC[C@H]2O[C@@H](n3cc(C)c(=O)[nH]c3=O)C[C@@H]2OP(O)(O)=S)(c2ccccc2)c2ccc(OC)cc2)cc1. The number of H-pyrrole nitrogens is 1. The van der Waals surface area contributed by atoms with Crippen LogP contribution >= 0.6 is 6.72 Å². The van der Waals surface area contributed by atoms with Gasteiger partial charge in [-0.1, -0.05) is 54.6 Å². The Morgan fingerprint density at radius 3 is 2.00 bits per heavy atom. The number of aromatic amines is 1. The Bertz CT molecular complexity index is 1690. The summed E-state index contributed by atoms with van der Waals surface area (Å²) in [6, 6.07) is 24.6. The van der Waals surface area contributed by atoms with E-state index >= 15 is 0 Å². The number of aryl methyl sites for hydroxylation is 1. The number of hydrogen-bond acceptors (Lipinski definition) is 8. The largest absolute Gasteiger partial charge is 0.497 e. The lowest BCUT2D eigenvalue weighted by Crippen LogP contribution is -2.38. The van der Waals surface area contributed by atoms with E-state index < -0.39 is 42.0 Å². The quantitative estimate of drug-likeness (QED) is 0.164. The van der Waals surface area contributed by atoms with Crippen molar-refractivity contribution in [2.75, 3.05) is 20.8 Å². The molecule has 0 amide bonds. The highest BCUT2D eigenvalue weighted by molar-refractivity contribution is 8.06. The topological polar surface area (TPSA) is 141 Å². The van der Waals surface area contributed by atoms with E-state index in [2.05, 4.69) is 4.98 Å². The van der Waals surface area contributed by atoms with Crippen LogP contribution in [0.25, 0.3) is 0 Å². The van der Waals surface area contributed by atoms with Gasteiger partial charge >= 0.3 is 12.4 Å². The Morgan fingerprint density at radius 1 is 0.932 bits per heavy atom. The Kier molecular flexibility index (Phi) is 9.52. The summed E-state index contributed by atoms with van der Waals surface area (Å²) in [6.07, 6.45) is -1.29. The highest BCUT2D eigenvalue weighted by atomic mass is 32.5. The van der Waals surface area contributed by atoms with Crippen LogP contribution in [0.3, 0.4) is 0 Å². The molecule has 1 aliphatic rings. The van der Waals surface area contributed by atoms with Gasteiger partial charge in [-0.25, -0.2) is 4.79 Å². The number of ether oxygens (including phenoxy) is 4. The van der Waals surface area contributed by atoms with Crippen LogP contribution in [0.2, 0.25) is 0 Å². The van der Waals surface area contributed by atoms with Gasteiger partial charge in [-0.15, -0.1) is 0 Å². The Balaban J connectivity index is 1.59. The number of methoxy groups -OCH3 is 2. The van der Waals surface area contributed by atoms with Crippen molar-refractivity contribution in [2.24, 2.45) is 0 Å². The van der Waals surface area contributed by atoms with Crippen LogP contribution < -0.4 is 20.7 Å². The van der Waals surface area contributed by atoms with E-state index in [9.17, 15) is 19.4 Å². The van der Waals surface area contributed by atoms with Gasteiger partial charge in [-0.05, 0) is 59.7 Å². The molecule has 0 aliphatic carbocycles. The van der Waals surface area contributed by atoms with E-state index in [1.165, 1.54) is 10.8 Å². The molecule has 0 spiro atoms. The van der Waals surface area contributed by atoms with Gasteiger partial charge in [0.15, 0.2) is 0 Å². The average molecular weight is 641 g/mol. The van der Waals surface area contributed by atoms with Crippen LogP contribution in [0, 0.1) is 6.92 Å². The summed E-state index contributed by atoms with van der Waals surface area (Å²) in [5, 5.41) is 0. The van der Waals surface area contributed by atoms with Gasteiger partial charge in [0.2, 0.25) is 0 Å². The molecule has 1 saturated heterocycles. The highest BCUT2D eigenvalue weighted by Gasteiger charge is 2.44. The molecule has 3 N–H and O–H groups in total. The van der Waals surface area contributed by atoms with Crippen LogP contribution in [0.4, 0.5) is 0 Å². The molecule has 4 aromatic rings. The number of aromatic nitrogens is 2. The first-order chi connectivity index (χ1) is 21.0. The smallest absolute Gasteiger partial charge is 0.330 e. The minimum atomic E-state index is -4.13. The molecule has 13 heteroatoms. The lowest BCUT2D eigenvalue weighted by atomic mass is 9.80. The molecule has 0 radical (unpaired) electrons. The van der Waals surface area contributed by atoms with Crippen molar-refractivity contribution in [3.8, 4) is 11.5 Å². The summed E-state index contributed by atoms with van der Waals surface area (Å²) in [4.78, 5) is 47.1. The molecule has 3 aromatic carbocycles. The van der Waals surface area contributed by atoms with Crippen LogP contribution in [0.1, 0.15) is 34.9 Å². The fraction of sp³-hybridized carbons (Fsp3) is 0.290. The van der Waals surface area contributed by atoms with Crippen molar-refractivity contribution < 1.29 is 33.3 Å². The zero-order valence-corrected chi connectivity index (χ0v) is 26.0. The molecule has 1 fully saturated rings. The van der Waals surface area contributed by atoms with E-state index in [0.717, 1.165) is 16.7 Å². The first kappa shape index (κ1) is 31.8. The first-order valence-electron chi connectivity index (χ1n) is 13.7. The molecule has 44 heavy (non-hydrogen) atoms. The highest BCUT2D eigenvalue weighted by Crippen LogP contribution is 2.46. The van der Waals surface area contributed by atoms with Gasteiger partial charge in [-0.3, -0.25) is 14.3 Å². The van der Waals surface area contributed by atoms with E-state index in [4.69, 9.17) is 35.3 Å². The van der Waals surface area contributed by atoms with Crippen molar-refractivity contribution in [3.05, 3.63) is 128 Å². The summed E-state index contributed by atoms with van der Waals surface area (Å²) in [7, 11) is 3.18. The van der Waals surface area contributed by atoms with Crippen LogP contribution in [-0.2, 0) is 31.4 Å². The normalized spacial score (nSPS) is 18.7. The standard InChI is InChI=1S/C31H33N2O9PS/c1-20-18-33(30(35)32-29(20)34)28-17-26(42-43(36,37)44)27(41-28)19-40-31(21-7-5-4-6-8-21,22-9-13-24(38-2)14-10-22)23-11-15-25(39-3)16-12-23/h4-16,18,26-28H,17,19H2,1-3H3,(H,32,34,35)(H2,36,37,44)/t26-,27+,28+/m0/s1. The van der Waals surface area contributed by atoms with Crippen LogP contribution in [0.5, 0.6) is 11.5 Å². The number of nitrogens with zero attached hydrogens (tertiary/aromatic N) is 1. The minimum Gasteiger partial charge on any atom is -0.497 e. The maximum Gasteiger partial charge on any atom is 0.330 e. The maximum atomic E-state index is 12.7. The monoisotopic (exact) mass is 640 g/mol. The van der Waals surface area contributed by atoms with Crippen LogP contribution in [-0.4, -0.2) is 52.4 Å². The van der Waals surface area contributed by atoms with Gasteiger partial charge in [0.25, 0.3) is 5.56 Å². The zero-order chi connectivity index (χ0) is 31.5. The summed E-state index contributed by atoms with van der Waals surface area (Å²) in [5.41, 5.74) is 0.312. The minimum absolute atomic E-state index is 0.0440. The Hall–Kier alpha value is -3.61. The molecule has 3 atom stereocenters. The number of benzene rings is 3. The molecule has 1 aromatic heterocycles. The number of hydrogen-bond donors (Lipinski definition) is 3. The fourth-order valence-electron chi connectivity index (χ4n) is 5.39. The van der Waals surface area contributed by atoms with Crippen molar-refractivity contribution in [1.82, 2.24) is 9.55 Å². The van der Waals surface area contributed by atoms with E-state index in [-0.39, 0.29) is 13.0 Å². The fourth-order valence-corrected chi connectivity index (χ4v) is 6.30. The molecule has 5 rings (SSSR count). The molecule has 11 nitrogen and oxygen atoms in total. The molecule has 1 aliphatic heterocycles. The molecule has 2 heterocycles. The predicted octanol–water partition coefficient (Wildman–Crippen LogP) is 3.75. The Labute approximate surface area is 258 Å². The van der Waals surface area contributed by atoms with Crippen molar-refractivity contribution >= 4 is 18.5 Å². The van der Waals surface area contributed by atoms with Gasteiger partial charge in [0.05, 0.1) is 26.9 Å². The van der Waals surface area contributed by atoms with Crippen LogP contribution in [0.15, 0.2) is 94.6 Å². The van der Waals surface area contributed by atoms with E-state index in [1.807, 2.05) is 78.9 Å². The molecule has 0 bridgehead atoms. The van der Waals surface area contributed by atoms with Gasteiger partial charge < -0.3 is 33.3 Å². The van der Waals surface area contributed by atoms with E-state index in [1.54, 1.807) is 21.1 Å². The third-order valence-electron chi connectivity index (χ3n) is 7.55. The van der Waals surface area contributed by atoms with Gasteiger partial charge in [0.1, 0.15) is 29.4 Å². The van der Waals surface area contributed by atoms with Gasteiger partial charge in [0, 0.05) is 18.2 Å². The number of nitrogens with one attached hydrogen (secondary N) is 1. The van der Waals surface area contributed by atoms with Crippen molar-refractivity contribution in [2.45, 2.75) is 37.4 Å². The third-order valence-corrected chi connectivity index (χ3v) is 8.35. The summed E-state index contributed by atoms with van der Waals surface area (Å²) in [5.74, 6) is 1.33. The third kappa shape index (κ3) is 6.72. The molecular formula is C31H33N2O9PS. The van der Waals surface area contributed by atoms with Crippen molar-refractivity contribution in [3.63, 3.8) is 0 Å². The average Bonchev–Trinajstić information content (AvgIpc) is 3.41. The first-order valence-corrected chi connectivity index (χ1v) is 16.4. The van der Waals surface area contributed by atoms with Crippen molar-refractivity contribution in [1.29, 1.82) is 0 Å². The second-order valence-electron chi connectivity index (χ2n) is 10.3. The molecular weight excluding hydrogens is 607 g/mol. The Morgan fingerprint density at radius 2 is 1.48 bits per heavy atom.